The Balaban J connectivity index is 1.90. The quantitative estimate of drug-likeness (QED) is 0.939. The summed E-state index contributed by atoms with van der Waals surface area (Å²) in [5, 5.41) is 4.37. The number of fused-ring (bicyclic) bond motifs is 1. The summed E-state index contributed by atoms with van der Waals surface area (Å²) < 4.78 is 19.2. The van der Waals surface area contributed by atoms with E-state index in [1.54, 1.807) is 12.1 Å². The average Bonchev–Trinajstić information content (AvgIpc) is 2.54. The number of aromatic nitrogens is 1. The number of hydrogen-bond acceptors (Lipinski definition) is 4. The topological polar surface area (TPSA) is 37.4 Å². The van der Waals surface area contributed by atoms with Gasteiger partial charge in [0, 0.05) is 42.1 Å². The summed E-state index contributed by atoms with van der Waals surface area (Å²) in [6.07, 6.45) is 1.98. The molecule has 2 heterocycles. The Morgan fingerprint density at radius 1 is 1.26 bits per heavy atom. The number of aryl methyl sites for hydroxylation is 1. The predicted octanol–water partition coefficient (Wildman–Crippen LogP) is 3.21. The third-order valence-electron chi connectivity index (χ3n) is 4.88. The number of likely N-dealkylation sites (N-methyl/N-ethyl adjacent to an activating group) is 1. The van der Waals surface area contributed by atoms with Crippen molar-refractivity contribution in [3.8, 4) is 0 Å². The molecule has 0 atom stereocenters. The molecule has 1 fully saturated rings. The van der Waals surface area contributed by atoms with Crippen LogP contribution in [0.25, 0.3) is 10.9 Å². The van der Waals surface area contributed by atoms with Crippen molar-refractivity contribution in [2.24, 2.45) is 0 Å². The largest absolute Gasteiger partial charge is 0.383 e. The highest BCUT2D eigenvalue weighted by Gasteiger charge is 2.34. The summed E-state index contributed by atoms with van der Waals surface area (Å²) in [5.41, 5.74) is 2.76. The molecule has 0 bridgehead atoms. The number of pyridine rings is 1. The highest BCUT2D eigenvalue weighted by Crippen LogP contribution is 2.29. The van der Waals surface area contributed by atoms with Crippen molar-refractivity contribution >= 4 is 16.6 Å². The molecule has 0 radical (unpaired) electrons. The zero-order chi connectivity index (χ0) is 16.4. The molecule has 4 nitrogen and oxygen atoms in total. The number of halogens is 1. The van der Waals surface area contributed by atoms with Gasteiger partial charge in [0.1, 0.15) is 5.82 Å². The fraction of sp³-hybridized carbons (Fsp3) is 0.500. The minimum absolute atomic E-state index is 0.0646. The van der Waals surface area contributed by atoms with Crippen LogP contribution in [-0.4, -0.2) is 49.3 Å². The fourth-order valence-corrected chi connectivity index (χ4v) is 3.27. The molecule has 0 aliphatic carbocycles. The number of hydrogen-bond donors (Lipinski definition) is 1. The van der Waals surface area contributed by atoms with Gasteiger partial charge in [0.25, 0.3) is 0 Å². The van der Waals surface area contributed by atoms with Crippen LogP contribution in [0, 0.1) is 12.7 Å². The summed E-state index contributed by atoms with van der Waals surface area (Å²) in [7, 11) is 4.23. The van der Waals surface area contributed by atoms with Gasteiger partial charge in [-0.3, -0.25) is 4.98 Å². The molecule has 0 spiro atoms. The van der Waals surface area contributed by atoms with Crippen LogP contribution in [0.1, 0.15) is 18.5 Å². The molecule has 5 heteroatoms. The van der Waals surface area contributed by atoms with Crippen LogP contribution in [0.15, 0.2) is 24.3 Å². The zero-order valence-corrected chi connectivity index (χ0v) is 14.0. The lowest BCUT2D eigenvalue weighted by Gasteiger charge is -2.43. The highest BCUT2D eigenvalue weighted by atomic mass is 19.1. The molecule has 1 aliphatic rings. The molecular formula is C18H24FN3O. The van der Waals surface area contributed by atoms with Crippen molar-refractivity contribution in [3.05, 3.63) is 35.8 Å². The first-order valence-electron chi connectivity index (χ1n) is 8.06. The minimum Gasteiger partial charge on any atom is -0.383 e. The first-order valence-corrected chi connectivity index (χ1v) is 8.06. The van der Waals surface area contributed by atoms with Gasteiger partial charge >= 0.3 is 0 Å². The summed E-state index contributed by atoms with van der Waals surface area (Å²) in [6, 6.07) is 6.73. The first kappa shape index (κ1) is 16.1. The van der Waals surface area contributed by atoms with E-state index in [4.69, 9.17) is 4.74 Å². The number of anilines is 1. The molecule has 0 saturated carbocycles. The van der Waals surface area contributed by atoms with Gasteiger partial charge in [0.2, 0.25) is 0 Å². The van der Waals surface area contributed by atoms with Crippen LogP contribution >= 0.6 is 0 Å². The van der Waals surface area contributed by atoms with Gasteiger partial charge in [-0.05, 0) is 58.1 Å². The van der Waals surface area contributed by atoms with E-state index >= 15 is 0 Å². The van der Waals surface area contributed by atoms with E-state index in [0.29, 0.717) is 0 Å². The lowest BCUT2D eigenvalue weighted by atomic mass is 9.88. The van der Waals surface area contributed by atoms with E-state index in [0.717, 1.165) is 54.9 Å². The van der Waals surface area contributed by atoms with E-state index in [2.05, 4.69) is 29.3 Å². The molecule has 124 valence electrons. The molecule has 23 heavy (non-hydrogen) atoms. The Bertz CT molecular complexity index is 696. The van der Waals surface area contributed by atoms with Crippen molar-refractivity contribution in [3.63, 3.8) is 0 Å². The van der Waals surface area contributed by atoms with Crippen LogP contribution in [0.5, 0.6) is 0 Å². The predicted molar refractivity (Wildman–Crippen MR) is 91.4 cm³/mol. The Morgan fingerprint density at radius 2 is 2.00 bits per heavy atom. The second-order valence-electron chi connectivity index (χ2n) is 6.56. The number of nitrogens with zero attached hydrogens (tertiary/aromatic N) is 2. The summed E-state index contributed by atoms with van der Waals surface area (Å²) in [5.74, 6) is -0.236. The van der Waals surface area contributed by atoms with Gasteiger partial charge in [-0.15, -0.1) is 0 Å². The summed E-state index contributed by atoms with van der Waals surface area (Å²) >= 11 is 0. The van der Waals surface area contributed by atoms with E-state index in [9.17, 15) is 4.39 Å². The lowest BCUT2D eigenvalue weighted by Crippen LogP contribution is -2.53. The molecule has 1 aromatic heterocycles. The third kappa shape index (κ3) is 3.31. The summed E-state index contributed by atoms with van der Waals surface area (Å²) in [4.78, 5) is 6.76. The van der Waals surface area contributed by atoms with Gasteiger partial charge in [0.05, 0.1) is 5.52 Å². The molecule has 3 rings (SSSR count). The van der Waals surface area contributed by atoms with Crippen molar-refractivity contribution in [1.82, 2.24) is 9.88 Å². The molecule has 1 aliphatic heterocycles. The third-order valence-corrected chi connectivity index (χ3v) is 4.88. The molecule has 2 aromatic rings. The monoisotopic (exact) mass is 317 g/mol. The Morgan fingerprint density at radius 3 is 2.70 bits per heavy atom. The van der Waals surface area contributed by atoms with Crippen LogP contribution < -0.4 is 5.32 Å². The average molecular weight is 317 g/mol. The molecule has 0 unspecified atom stereocenters. The van der Waals surface area contributed by atoms with Gasteiger partial charge < -0.3 is 15.0 Å². The smallest absolute Gasteiger partial charge is 0.124 e. The van der Waals surface area contributed by atoms with Crippen molar-refractivity contribution in [2.45, 2.75) is 25.3 Å². The van der Waals surface area contributed by atoms with Crippen LogP contribution in [-0.2, 0) is 4.74 Å². The maximum Gasteiger partial charge on any atom is 0.124 e. The maximum atomic E-state index is 13.6. The van der Waals surface area contributed by atoms with Crippen molar-refractivity contribution < 1.29 is 9.13 Å². The molecule has 1 aromatic carbocycles. The summed E-state index contributed by atoms with van der Waals surface area (Å²) in [6.45, 7) is 4.33. The number of ether oxygens (including phenoxy) is 1. The van der Waals surface area contributed by atoms with Crippen LogP contribution in [0.3, 0.4) is 0 Å². The molecule has 1 N–H and O–H groups in total. The van der Waals surface area contributed by atoms with Gasteiger partial charge in [-0.2, -0.15) is 0 Å². The van der Waals surface area contributed by atoms with E-state index < -0.39 is 0 Å². The number of nitrogens with one attached hydrogen (secondary N) is 1. The van der Waals surface area contributed by atoms with Crippen molar-refractivity contribution in [2.75, 3.05) is 39.2 Å². The zero-order valence-electron chi connectivity index (χ0n) is 14.0. The van der Waals surface area contributed by atoms with Gasteiger partial charge in [0.15, 0.2) is 0 Å². The first-order chi connectivity index (χ1) is 11.0. The molecular weight excluding hydrogens is 293 g/mol. The Kier molecular flexibility index (Phi) is 4.50. The standard InChI is InChI=1S/C18H24FN3O/c1-13-10-17(15-11-14(19)4-5-16(15)21-13)20-12-18(22(2)3)6-8-23-9-7-18/h4-5,10-11H,6-9,12H2,1-3H3,(H,20,21). The highest BCUT2D eigenvalue weighted by molar-refractivity contribution is 5.91. The molecule has 0 amide bonds. The SMILES string of the molecule is Cc1cc(NCC2(N(C)C)CCOCC2)c2cc(F)ccc2n1. The van der Waals surface area contributed by atoms with E-state index in [1.165, 1.54) is 6.07 Å². The number of rotatable bonds is 4. The molecule has 1 saturated heterocycles. The fourth-order valence-electron chi connectivity index (χ4n) is 3.27. The Labute approximate surface area is 136 Å². The lowest BCUT2D eigenvalue weighted by molar-refractivity contribution is -0.000616. The number of benzene rings is 1. The van der Waals surface area contributed by atoms with E-state index in [-0.39, 0.29) is 11.4 Å². The Hall–Kier alpha value is -1.72. The minimum atomic E-state index is -0.236. The van der Waals surface area contributed by atoms with E-state index in [1.807, 2.05) is 13.0 Å². The maximum absolute atomic E-state index is 13.6. The van der Waals surface area contributed by atoms with Crippen LogP contribution in [0.4, 0.5) is 10.1 Å². The van der Waals surface area contributed by atoms with Gasteiger partial charge in [-0.1, -0.05) is 0 Å². The van der Waals surface area contributed by atoms with Crippen LogP contribution in [0.2, 0.25) is 0 Å². The van der Waals surface area contributed by atoms with Gasteiger partial charge in [-0.25, -0.2) is 4.39 Å². The normalized spacial score (nSPS) is 17.6. The second kappa shape index (κ2) is 6.42. The second-order valence-corrected chi connectivity index (χ2v) is 6.56. The van der Waals surface area contributed by atoms with Crippen molar-refractivity contribution in [1.29, 1.82) is 0 Å².